The zero-order chi connectivity index (χ0) is 50.7. The van der Waals surface area contributed by atoms with Crippen LogP contribution in [0.1, 0.15) is 373 Å². The van der Waals surface area contributed by atoms with Gasteiger partial charge in [-0.05, 0) is 25.7 Å². The van der Waals surface area contributed by atoms with Gasteiger partial charge in [-0.25, -0.2) is 0 Å². The van der Waals surface area contributed by atoms with Crippen LogP contribution >= 0.6 is 0 Å². The van der Waals surface area contributed by atoms with Crippen LogP contribution in [0.4, 0.5) is 0 Å². The fourth-order valence-electron chi connectivity index (χ4n) is 10.5. The Balaban J connectivity index is 3.35. The minimum absolute atomic E-state index is 0.0181. The van der Waals surface area contributed by atoms with Crippen molar-refractivity contribution in [1.29, 1.82) is 0 Å². The van der Waals surface area contributed by atoms with Gasteiger partial charge in [-0.15, -0.1) is 0 Å². The Morgan fingerprint density at radius 2 is 0.586 bits per heavy atom. The topological polar surface area (TPSA) is 95.9 Å². The van der Waals surface area contributed by atoms with Crippen molar-refractivity contribution in [1.82, 2.24) is 5.32 Å². The molecule has 0 aliphatic rings. The minimum Gasteiger partial charge on any atom is -0.466 e. The standard InChI is InChI=1S/C64H127NO5/c1-3-5-7-9-11-13-15-17-18-30-33-36-40-44-48-52-56-62(67)61(60-66)65-63(68)57-53-49-45-41-37-34-31-28-26-24-22-20-19-21-23-25-27-29-32-35-39-43-47-51-55-59-70-64(69)58-54-50-46-42-38-16-14-12-10-8-6-4-2/h61-62,66-67H,3-60H2,1-2H3,(H,65,68). The summed E-state index contributed by atoms with van der Waals surface area (Å²) in [6.07, 6.45) is 71.2. The van der Waals surface area contributed by atoms with Crippen molar-refractivity contribution in [2.75, 3.05) is 13.2 Å². The number of ether oxygens (including phenoxy) is 1. The van der Waals surface area contributed by atoms with Gasteiger partial charge in [0.25, 0.3) is 0 Å². The molecule has 0 aromatic carbocycles. The Kier molecular flexibility index (Phi) is 59.4. The molecule has 2 atom stereocenters. The average molecular weight is 991 g/mol. The number of carbonyl (C=O) groups excluding carboxylic acids is 2. The van der Waals surface area contributed by atoms with Gasteiger partial charge in [-0.1, -0.05) is 335 Å². The van der Waals surface area contributed by atoms with Crippen LogP contribution in [-0.4, -0.2) is 47.4 Å². The predicted molar refractivity (Wildman–Crippen MR) is 306 cm³/mol. The lowest BCUT2D eigenvalue weighted by Crippen LogP contribution is -2.45. The molecule has 0 spiro atoms. The molecular weight excluding hydrogens is 863 g/mol. The van der Waals surface area contributed by atoms with Crippen LogP contribution in [0.15, 0.2) is 0 Å². The second-order valence-electron chi connectivity index (χ2n) is 22.5. The number of nitrogens with one attached hydrogen (secondary N) is 1. The number of amides is 1. The zero-order valence-electron chi connectivity index (χ0n) is 47.8. The monoisotopic (exact) mass is 990 g/mol. The summed E-state index contributed by atoms with van der Waals surface area (Å²) in [5, 5.41) is 23.3. The summed E-state index contributed by atoms with van der Waals surface area (Å²) in [5.41, 5.74) is 0. The van der Waals surface area contributed by atoms with Crippen molar-refractivity contribution >= 4 is 11.9 Å². The molecule has 3 N–H and O–H groups in total. The van der Waals surface area contributed by atoms with E-state index >= 15 is 0 Å². The molecule has 0 heterocycles. The lowest BCUT2D eigenvalue weighted by atomic mass is 10.0. The van der Waals surface area contributed by atoms with E-state index in [1.807, 2.05) is 0 Å². The Labute approximate surface area is 438 Å². The van der Waals surface area contributed by atoms with Crippen LogP contribution in [0.2, 0.25) is 0 Å². The predicted octanol–water partition coefficient (Wildman–Crippen LogP) is 20.3. The lowest BCUT2D eigenvalue weighted by molar-refractivity contribution is -0.143. The van der Waals surface area contributed by atoms with E-state index in [4.69, 9.17) is 4.74 Å². The number of aliphatic hydroxyl groups is 2. The molecule has 0 aliphatic heterocycles. The van der Waals surface area contributed by atoms with Gasteiger partial charge in [0.05, 0.1) is 25.4 Å². The van der Waals surface area contributed by atoms with Crippen LogP contribution in [0.25, 0.3) is 0 Å². The maximum absolute atomic E-state index is 12.5. The summed E-state index contributed by atoms with van der Waals surface area (Å²) in [6, 6.07) is -0.539. The fourth-order valence-corrected chi connectivity index (χ4v) is 10.5. The van der Waals surface area contributed by atoms with Gasteiger partial charge in [-0.3, -0.25) is 9.59 Å². The smallest absolute Gasteiger partial charge is 0.305 e. The van der Waals surface area contributed by atoms with Crippen LogP contribution in [0.3, 0.4) is 0 Å². The third-order valence-corrected chi connectivity index (χ3v) is 15.4. The van der Waals surface area contributed by atoms with E-state index in [1.54, 1.807) is 0 Å². The van der Waals surface area contributed by atoms with E-state index in [2.05, 4.69) is 19.2 Å². The number of esters is 1. The van der Waals surface area contributed by atoms with Crippen molar-refractivity contribution in [2.45, 2.75) is 386 Å². The molecule has 0 aromatic heterocycles. The van der Waals surface area contributed by atoms with Crippen LogP contribution in [-0.2, 0) is 14.3 Å². The minimum atomic E-state index is -0.662. The molecule has 0 aromatic rings. The highest BCUT2D eigenvalue weighted by atomic mass is 16.5. The van der Waals surface area contributed by atoms with E-state index in [0.29, 0.717) is 25.9 Å². The molecule has 0 saturated heterocycles. The second kappa shape index (κ2) is 60.4. The van der Waals surface area contributed by atoms with Crippen LogP contribution in [0, 0.1) is 0 Å². The Morgan fingerprint density at radius 1 is 0.343 bits per heavy atom. The first kappa shape index (κ1) is 68.9. The Bertz CT molecular complexity index is 1010. The zero-order valence-corrected chi connectivity index (χ0v) is 47.8. The SMILES string of the molecule is CCCCCCCCCCCCCCCCCCC(O)C(CO)NC(=O)CCCCCCCCCCCCCCCCCCCCCCCCCCCOC(=O)CCCCCCCCCCCCCC. The average Bonchev–Trinajstić information content (AvgIpc) is 3.36. The molecule has 2 unspecified atom stereocenters. The van der Waals surface area contributed by atoms with Crippen molar-refractivity contribution in [2.24, 2.45) is 0 Å². The summed E-state index contributed by atoms with van der Waals surface area (Å²) in [5.74, 6) is -0.0115. The van der Waals surface area contributed by atoms with Gasteiger partial charge < -0.3 is 20.3 Å². The third-order valence-electron chi connectivity index (χ3n) is 15.4. The molecular formula is C64H127NO5. The Morgan fingerprint density at radius 3 is 0.871 bits per heavy atom. The highest BCUT2D eigenvalue weighted by molar-refractivity contribution is 5.76. The first-order valence-electron chi connectivity index (χ1n) is 32.3. The number of rotatable bonds is 61. The van der Waals surface area contributed by atoms with E-state index in [0.717, 1.165) is 38.5 Å². The van der Waals surface area contributed by atoms with Gasteiger partial charge in [0.2, 0.25) is 5.91 Å². The highest BCUT2D eigenvalue weighted by Crippen LogP contribution is 2.19. The lowest BCUT2D eigenvalue weighted by Gasteiger charge is -2.22. The number of hydrogen-bond donors (Lipinski definition) is 3. The maximum Gasteiger partial charge on any atom is 0.305 e. The third kappa shape index (κ3) is 56.2. The van der Waals surface area contributed by atoms with Crippen LogP contribution in [0.5, 0.6) is 0 Å². The highest BCUT2D eigenvalue weighted by Gasteiger charge is 2.20. The second-order valence-corrected chi connectivity index (χ2v) is 22.5. The van der Waals surface area contributed by atoms with E-state index in [1.165, 1.54) is 302 Å². The van der Waals surface area contributed by atoms with Gasteiger partial charge in [0, 0.05) is 12.8 Å². The van der Waals surface area contributed by atoms with Crippen molar-refractivity contribution in [3.63, 3.8) is 0 Å². The molecule has 6 nitrogen and oxygen atoms in total. The number of hydrogen-bond acceptors (Lipinski definition) is 5. The molecule has 70 heavy (non-hydrogen) atoms. The molecule has 0 saturated carbocycles. The van der Waals surface area contributed by atoms with Crippen molar-refractivity contribution < 1.29 is 24.5 Å². The van der Waals surface area contributed by atoms with E-state index in [9.17, 15) is 19.8 Å². The molecule has 0 fully saturated rings. The van der Waals surface area contributed by atoms with E-state index < -0.39 is 12.1 Å². The molecule has 0 rings (SSSR count). The quantitative estimate of drug-likeness (QED) is 0.0417. The normalized spacial score (nSPS) is 12.5. The number of unbranched alkanes of at least 4 members (excludes halogenated alkanes) is 50. The summed E-state index contributed by atoms with van der Waals surface area (Å²) in [4.78, 5) is 24.5. The van der Waals surface area contributed by atoms with Crippen molar-refractivity contribution in [3.8, 4) is 0 Å². The first-order valence-corrected chi connectivity index (χ1v) is 32.3. The molecule has 0 aliphatic carbocycles. The van der Waals surface area contributed by atoms with Gasteiger partial charge in [-0.2, -0.15) is 0 Å². The molecule has 1 amide bonds. The largest absolute Gasteiger partial charge is 0.466 e. The first-order chi connectivity index (χ1) is 34.5. The maximum atomic E-state index is 12.5. The Hall–Kier alpha value is -1.14. The van der Waals surface area contributed by atoms with Gasteiger partial charge >= 0.3 is 5.97 Å². The summed E-state index contributed by atoms with van der Waals surface area (Å²) in [7, 11) is 0. The molecule has 0 bridgehead atoms. The molecule has 6 heteroatoms. The summed E-state index contributed by atoms with van der Waals surface area (Å²) in [6.45, 7) is 4.99. The molecule has 0 radical (unpaired) electrons. The van der Waals surface area contributed by atoms with Gasteiger partial charge in [0.15, 0.2) is 0 Å². The summed E-state index contributed by atoms with van der Waals surface area (Å²) >= 11 is 0. The van der Waals surface area contributed by atoms with Gasteiger partial charge in [0.1, 0.15) is 0 Å². The summed E-state index contributed by atoms with van der Waals surface area (Å²) < 4.78 is 5.48. The van der Waals surface area contributed by atoms with Crippen molar-refractivity contribution in [3.05, 3.63) is 0 Å². The molecule has 418 valence electrons. The van der Waals surface area contributed by atoms with Crippen LogP contribution < -0.4 is 5.32 Å². The van der Waals surface area contributed by atoms with E-state index in [-0.39, 0.29) is 18.5 Å². The number of aliphatic hydroxyl groups excluding tert-OH is 2. The fraction of sp³-hybridized carbons (Fsp3) is 0.969. The number of carbonyl (C=O) groups is 2.